The van der Waals surface area contributed by atoms with Crippen molar-refractivity contribution in [2.75, 3.05) is 19.8 Å². The summed E-state index contributed by atoms with van der Waals surface area (Å²) in [5.41, 5.74) is -0.463. The average Bonchev–Trinajstić information content (AvgIpc) is 2.28. The van der Waals surface area contributed by atoms with Gasteiger partial charge in [0.1, 0.15) is 0 Å². The lowest BCUT2D eigenvalue weighted by atomic mass is 9.78. The van der Waals surface area contributed by atoms with Gasteiger partial charge in [0.2, 0.25) is 0 Å². The summed E-state index contributed by atoms with van der Waals surface area (Å²) in [4.78, 5) is 0. The first kappa shape index (κ1) is 13.3. The van der Waals surface area contributed by atoms with Gasteiger partial charge in [-0.3, -0.25) is 0 Å². The van der Waals surface area contributed by atoms with Crippen molar-refractivity contribution < 1.29 is 9.84 Å². The summed E-state index contributed by atoms with van der Waals surface area (Å²) in [6.07, 6.45) is 5.44. The Bertz CT molecular complexity index is 246. The summed E-state index contributed by atoms with van der Waals surface area (Å²) < 4.78 is 5.44. The van der Waals surface area contributed by atoms with Gasteiger partial charge in [0.25, 0.3) is 0 Å². The van der Waals surface area contributed by atoms with Crippen LogP contribution in [0.3, 0.4) is 0 Å². The summed E-state index contributed by atoms with van der Waals surface area (Å²) in [5, 5.41) is 14.1. The minimum absolute atomic E-state index is 0.463. The Kier molecular flexibility index (Phi) is 4.45. The molecule has 1 aliphatic carbocycles. The summed E-state index contributed by atoms with van der Waals surface area (Å²) in [5.74, 6) is 1.23. The molecule has 0 aromatic rings. The van der Waals surface area contributed by atoms with Crippen LogP contribution >= 0.6 is 0 Å². The quantitative estimate of drug-likeness (QED) is 0.793. The Morgan fingerprint density at radius 3 is 2.88 bits per heavy atom. The van der Waals surface area contributed by atoms with E-state index in [1.165, 1.54) is 12.8 Å². The molecular weight excluding hydrogens is 214 g/mol. The normalized spacial score (nSPS) is 43.6. The lowest BCUT2D eigenvalue weighted by Gasteiger charge is -2.38. The molecule has 0 spiro atoms. The van der Waals surface area contributed by atoms with Gasteiger partial charge in [-0.25, -0.2) is 0 Å². The molecule has 3 nitrogen and oxygen atoms in total. The fourth-order valence-electron chi connectivity index (χ4n) is 3.30. The number of nitrogens with one attached hydrogen (secondary N) is 1. The zero-order chi connectivity index (χ0) is 12.3. The van der Waals surface area contributed by atoms with E-state index in [9.17, 15) is 5.11 Å². The Balaban J connectivity index is 1.79. The maximum Gasteiger partial charge on any atom is 0.0774 e. The molecule has 3 heteroatoms. The molecule has 17 heavy (non-hydrogen) atoms. The van der Waals surface area contributed by atoms with E-state index in [0.29, 0.717) is 17.9 Å². The maximum atomic E-state index is 10.6. The lowest BCUT2D eigenvalue weighted by molar-refractivity contribution is -0.0231. The largest absolute Gasteiger partial charge is 0.389 e. The first-order chi connectivity index (χ1) is 8.09. The van der Waals surface area contributed by atoms with Crippen LogP contribution in [0, 0.1) is 11.8 Å². The zero-order valence-corrected chi connectivity index (χ0v) is 11.2. The highest BCUT2D eigenvalue weighted by Gasteiger charge is 2.33. The van der Waals surface area contributed by atoms with Crippen molar-refractivity contribution in [1.29, 1.82) is 0 Å². The molecule has 0 radical (unpaired) electrons. The summed E-state index contributed by atoms with van der Waals surface area (Å²) in [7, 11) is 0. The van der Waals surface area contributed by atoms with Crippen molar-refractivity contribution in [2.24, 2.45) is 11.8 Å². The van der Waals surface area contributed by atoms with Gasteiger partial charge in [0.05, 0.1) is 12.2 Å². The zero-order valence-electron chi connectivity index (χ0n) is 11.2. The molecule has 0 amide bonds. The minimum atomic E-state index is -0.463. The topological polar surface area (TPSA) is 41.5 Å². The molecule has 100 valence electrons. The molecule has 4 atom stereocenters. The third-order valence-electron chi connectivity index (χ3n) is 4.40. The predicted molar refractivity (Wildman–Crippen MR) is 69.0 cm³/mol. The van der Waals surface area contributed by atoms with Crippen LogP contribution in [0.1, 0.15) is 46.0 Å². The molecule has 1 heterocycles. The highest BCUT2D eigenvalue weighted by Crippen LogP contribution is 2.32. The molecule has 2 fully saturated rings. The van der Waals surface area contributed by atoms with Gasteiger partial charge in [-0.2, -0.15) is 0 Å². The summed E-state index contributed by atoms with van der Waals surface area (Å²) in [6, 6.07) is 0.519. The Labute approximate surface area is 105 Å². The number of ether oxygens (including phenoxy) is 1. The van der Waals surface area contributed by atoms with Crippen LogP contribution in [-0.2, 0) is 4.74 Å². The standard InChI is InChI=1S/C14H27NO2/c1-11-4-3-6-14(16,8-11)10-15-13-5-7-17-9-12(13)2/h11-13,15-16H,3-10H2,1-2H3. The number of rotatable bonds is 3. The molecule has 2 aliphatic rings. The first-order valence-electron chi connectivity index (χ1n) is 7.12. The van der Waals surface area contributed by atoms with E-state index in [4.69, 9.17) is 4.74 Å². The fraction of sp³-hybridized carbons (Fsp3) is 1.00. The monoisotopic (exact) mass is 241 g/mol. The van der Waals surface area contributed by atoms with Gasteiger partial charge in [-0.05, 0) is 31.1 Å². The SMILES string of the molecule is CC1CCCC(O)(CNC2CCOCC2C)C1. The van der Waals surface area contributed by atoms with E-state index in [1.807, 2.05) is 0 Å². The predicted octanol–water partition coefficient (Wildman–Crippen LogP) is 1.94. The number of aliphatic hydroxyl groups is 1. The second kappa shape index (κ2) is 5.68. The Morgan fingerprint density at radius 1 is 1.35 bits per heavy atom. The van der Waals surface area contributed by atoms with Gasteiger partial charge < -0.3 is 15.2 Å². The van der Waals surface area contributed by atoms with E-state index in [1.54, 1.807) is 0 Å². The van der Waals surface area contributed by atoms with Crippen LogP contribution in [0.25, 0.3) is 0 Å². The molecule has 0 aromatic heterocycles. The van der Waals surface area contributed by atoms with Gasteiger partial charge in [-0.15, -0.1) is 0 Å². The molecule has 1 saturated carbocycles. The molecule has 4 unspecified atom stereocenters. The van der Waals surface area contributed by atoms with E-state index >= 15 is 0 Å². The summed E-state index contributed by atoms with van der Waals surface area (Å²) in [6.45, 7) is 6.95. The molecular formula is C14H27NO2. The van der Waals surface area contributed by atoms with Crippen molar-refractivity contribution in [3.63, 3.8) is 0 Å². The third-order valence-corrected chi connectivity index (χ3v) is 4.40. The van der Waals surface area contributed by atoms with Gasteiger partial charge >= 0.3 is 0 Å². The highest BCUT2D eigenvalue weighted by atomic mass is 16.5. The number of hydrogen-bond acceptors (Lipinski definition) is 3. The Morgan fingerprint density at radius 2 is 2.18 bits per heavy atom. The van der Waals surface area contributed by atoms with Gasteiger partial charge in [0.15, 0.2) is 0 Å². The van der Waals surface area contributed by atoms with Crippen LogP contribution in [0.4, 0.5) is 0 Å². The van der Waals surface area contributed by atoms with E-state index in [-0.39, 0.29) is 0 Å². The highest BCUT2D eigenvalue weighted by molar-refractivity contribution is 4.89. The van der Waals surface area contributed by atoms with Crippen LogP contribution in [0.2, 0.25) is 0 Å². The maximum absolute atomic E-state index is 10.6. The van der Waals surface area contributed by atoms with Gasteiger partial charge in [0, 0.05) is 19.2 Å². The fourth-order valence-corrected chi connectivity index (χ4v) is 3.30. The summed E-state index contributed by atoms with van der Waals surface area (Å²) >= 11 is 0. The van der Waals surface area contributed by atoms with Crippen molar-refractivity contribution >= 4 is 0 Å². The first-order valence-corrected chi connectivity index (χ1v) is 7.12. The molecule has 2 rings (SSSR count). The second-order valence-corrected chi connectivity index (χ2v) is 6.25. The molecule has 0 aromatic carbocycles. The van der Waals surface area contributed by atoms with Crippen molar-refractivity contribution in [2.45, 2.75) is 57.6 Å². The van der Waals surface area contributed by atoms with Crippen LogP contribution in [0.5, 0.6) is 0 Å². The molecule has 1 aliphatic heterocycles. The van der Waals surface area contributed by atoms with Crippen molar-refractivity contribution in [3.8, 4) is 0 Å². The van der Waals surface area contributed by atoms with Crippen LogP contribution < -0.4 is 5.32 Å². The van der Waals surface area contributed by atoms with Crippen LogP contribution in [0.15, 0.2) is 0 Å². The average molecular weight is 241 g/mol. The van der Waals surface area contributed by atoms with Crippen LogP contribution in [-0.4, -0.2) is 36.5 Å². The van der Waals surface area contributed by atoms with E-state index in [0.717, 1.165) is 39.0 Å². The molecule has 1 saturated heterocycles. The van der Waals surface area contributed by atoms with E-state index in [2.05, 4.69) is 19.2 Å². The van der Waals surface area contributed by atoms with Gasteiger partial charge in [-0.1, -0.05) is 26.7 Å². The second-order valence-electron chi connectivity index (χ2n) is 6.25. The number of hydrogen-bond donors (Lipinski definition) is 2. The van der Waals surface area contributed by atoms with Crippen molar-refractivity contribution in [1.82, 2.24) is 5.32 Å². The molecule has 0 bridgehead atoms. The third kappa shape index (κ3) is 3.67. The van der Waals surface area contributed by atoms with Crippen molar-refractivity contribution in [3.05, 3.63) is 0 Å². The minimum Gasteiger partial charge on any atom is -0.389 e. The molecule has 2 N–H and O–H groups in total. The lowest BCUT2D eigenvalue weighted by Crippen LogP contribution is -2.50. The van der Waals surface area contributed by atoms with E-state index < -0.39 is 5.60 Å². The smallest absolute Gasteiger partial charge is 0.0774 e. The Hall–Kier alpha value is -0.120.